The zero-order valence-corrected chi connectivity index (χ0v) is 14.0. The van der Waals surface area contributed by atoms with Gasteiger partial charge in [-0.05, 0) is 51.1 Å². The van der Waals surface area contributed by atoms with Crippen LogP contribution in [0.4, 0.5) is 11.4 Å². The van der Waals surface area contributed by atoms with Crippen molar-refractivity contribution in [2.75, 3.05) is 16.8 Å². The van der Waals surface area contributed by atoms with Gasteiger partial charge >= 0.3 is 0 Å². The molecule has 0 aliphatic carbocycles. The summed E-state index contributed by atoms with van der Waals surface area (Å²) in [5.41, 5.74) is 3.00. The molecule has 1 atom stereocenters. The Balaban J connectivity index is 1.86. The highest BCUT2D eigenvalue weighted by molar-refractivity contribution is 6.05. The lowest BCUT2D eigenvalue weighted by Crippen LogP contribution is -2.44. The van der Waals surface area contributed by atoms with Gasteiger partial charge in [-0.15, -0.1) is 0 Å². The Morgan fingerprint density at radius 3 is 2.58 bits per heavy atom. The minimum atomic E-state index is -0.495. The Hall–Kier alpha value is -2.82. The molecule has 24 heavy (non-hydrogen) atoms. The van der Waals surface area contributed by atoms with E-state index in [4.69, 9.17) is 4.74 Å². The molecule has 2 aromatic carbocycles. The summed E-state index contributed by atoms with van der Waals surface area (Å²) in [5, 5.41) is 2.87. The van der Waals surface area contributed by atoms with Crippen LogP contribution in [0.5, 0.6) is 5.75 Å². The molecule has 5 heteroatoms. The zero-order valence-electron chi connectivity index (χ0n) is 14.0. The summed E-state index contributed by atoms with van der Waals surface area (Å²) < 4.78 is 5.63. The average Bonchev–Trinajstić information content (AvgIpc) is 2.57. The zero-order chi connectivity index (χ0) is 17.3. The number of hydrogen-bond donors (Lipinski definition) is 1. The van der Waals surface area contributed by atoms with Crippen molar-refractivity contribution in [1.29, 1.82) is 0 Å². The number of carbonyl (C=O) groups excluding carboxylic acids is 2. The standard InChI is InChI=1S/C19H20N2O3/c1-4-21-16-11-15(9-10-17(16)24-13(3)19(21)23)20-18(22)14-7-5-12(2)6-8-14/h5-11,13H,4H2,1-3H3,(H,20,22). The lowest BCUT2D eigenvalue weighted by atomic mass is 10.1. The van der Waals surface area contributed by atoms with Gasteiger partial charge in [0.1, 0.15) is 5.75 Å². The number of likely N-dealkylation sites (N-methyl/N-ethyl adjacent to an activating group) is 1. The Bertz CT molecular complexity index is 784. The lowest BCUT2D eigenvalue weighted by Gasteiger charge is -2.32. The first kappa shape index (κ1) is 16.1. The van der Waals surface area contributed by atoms with Gasteiger partial charge in [0.05, 0.1) is 5.69 Å². The van der Waals surface area contributed by atoms with Crippen LogP contribution in [0.15, 0.2) is 42.5 Å². The van der Waals surface area contributed by atoms with E-state index in [0.717, 1.165) is 5.56 Å². The number of rotatable bonds is 3. The smallest absolute Gasteiger partial charge is 0.267 e. The van der Waals surface area contributed by atoms with Crippen molar-refractivity contribution < 1.29 is 14.3 Å². The molecule has 0 aromatic heterocycles. The largest absolute Gasteiger partial charge is 0.479 e. The molecule has 1 N–H and O–H groups in total. The van der Waals surface area contributed by atoms with Crippen LogP contribution in [-0.4, -0.2) is 24.5 Å². The second-order valence-electron chi connectivity index (χ2n) is 5.85. The highest BCUT2D eigenvalue weighted by Crippen LogP contribution is 2.36. The van der Waals surface area contributed by atoms with Gasteiger partial charge in [0.15, 0.2) is 6.10 Å². The summed E-state index contributed by atoms with van der Waals surface area (Å²) in [6.07, 6.45) is -0.495. The van der Waals surface area contributed by atoms with Crippen LogP contribution >= 0.6 is 0 Å². The fourth-order valence-corrected chi connectivity index (χ4v) is 2.72. The van der Waals surface area contributed by atoms with E-state index in [9.17, 15) is 9.59 Å². The molecule has 1 aliphatic rings. The summed E-state index contributed by atoms with van der Waals surface area (Å²) in [6, 6.07) is 12.7. The molecule has 1 heterocycles. The fraction of sp³-hybridized carbons (Fsp3) is 0.263. The van der Waals surface area contributed by atoms with Crippen LogP contribution in [-0.2, 0) is 4.79 Å². The minimum absolute atomic E-state index is 0.0768. The van der Waals surface area contributed by atoms with Crippen LogP contribution in [0.2, 0.25) is 0 Å². The van der Waals surface area contributed by atoms with E-state index < -0.39 is 6.10 Å². The molecule has 3 rings (SSSR count). The molecule has 0 bridgehead atoms. The first-order valence-corrected chi connectivity index (χ1v) is 7.99. The van der Waals surface area contributed by atoms with Crippen molar-refractivity contribution in [3.05, 3.63) is 53.6 Å². The van der Waals surface area contributed by atoms with Crippen molar-refractivity contribution in [3.8, 4) is 5.75 Å². The number of benzene rings is 2. The second kappa shape index (κ2) is 6.35. The van der Waals surface area contributed by atoms with Gasteiger partial charge in [-0.3, -0.25) is 9.59 Å². The summed E-state index contributed by atoms with van der Waals surface area (Å²) in [7, 11) is 0. The molecule has 5 nitrogen and oxygen atoms in total. The first-order chi connectivity index (χ1) is 11.5. The molecule has 0 radical (unpaired) electrons. The van der Waals surface area contributed by atoms with Gasteiger partial charge in [0.2, 0.25) is 0 Å². The Kier molecular flexibility index (Phi) is 4.25. The van der Waals surface area contributed by atoms with Gasteiger partial charge in [-0.25, -0.2) is 0 Å². The molecule has 0 saturated heterocycles. The average molecular weight is 324 g/mol. The summed E-state index contributed by atoms with van der Waals surface area (Å²) >= 11 is 0. The number of fused-ring (bicyclic) bond motifs is 1. The molecule has 2 aromatic rings. The third-order valence-corrected chi connectivity index (χ3v) is 4.06. The normalized spacial score (nSPS) is 16.4. The Labute approximate surface area is 141 Å². The minimum Gasteiger partial charge on any atom is -0.479 e. The van der Waals surface area contributed by atoms with Crippen molar-refractivity contribution in [2.45, 2.75) is 26.9 Å². The molecular weight excluding hydrogens is 304 g/mol. The number of nitrogens with one attached hydrogen (secondary N) is 1. The van der Waals surface area contributed by atoms with Crippen molar-refractivity contribution in [2.24, 2.45) is 0 Å². The molecule has 1 aliphatic heterocycles. The molecule has 0 spiro atoms. The third-order valence-electron chi connectivity index (χ3n) is 4.06. The summed E-state index contributed by atoms with van der Waals surface area (Å²) in [6.45, 7) is 6.18. The van der Waals surface area contributed by atoms with Crippen LogP contribution in [0, 0.1) is 6.92 Å². The Morgan fingerprint density at radius 2 is 1.92 bits per heavy atom. The van der Waals surface area contributed by atoms with Crippen molar-refractivity contribution in [3.63, 3.8) is 0 Å². The quantitative estimate of drug-likeness (QED) is 0.941. The number of anilines is 2. The molecule has 0 saturated carbocycles. The monoisotopic (exact) mass is 324 g/mol. The van der Waals surface area contributed by atoms with Crippen LogP contribution in [0.3, 0.4) is 0 Å². The maximum absolute atomic E-state index is 12.3. The van der Waals surface area contributed by atoms with Gasteiger partial charge in [-0.1, -0.05) is 17.7 Å². The summed E-state index contributed by atoms with van der Waals surface area (Å²) in [5.74, 6) is 0.388. The highest BCUT2D eigenvalue weighted by atomic mass is 16.5. The topological polar surface area (TPSA) is 58.6 Å². The molecule has 2 amide bonds. The number of aryl methyl sites for hydroxylation is 1. The number of nitrogens with zero attached hydrogens (tertiary/aromatic N) is 1. The predicted octanol–water partition coefficient (Wildman–Crippen LogP) is 3.38. The number of hydrogen-bond acceptors (Lipinski definition) is 3. The van der Waals surface area contributed by atoms with Crippen molar-refractivity contribution >= 4 is 23.2 Å². The first-order valence-electron chi connectivity index (χ1n) is 7.99. The van der Waals surface area contributed by atoms with E-state index in [2.05, 4.69) is 5.32 Å². The maximum Gasteiger partial charge on any atom is 0.267 e. The highest BCUT2D eigenvalue weighted by Gasteiger charge is 2.30. The number of amides is 2. The number of ether oxygens (including phenoxy) is 1. The molecule has 124 valence electrons. The van der Waals surface area contributed by atoms with Crippen molar-refractivity contribution in [1.82, 2.24) is 0 Å². The number of carbonyl (C=O) groups is 2. The van der Waals surface area contributed by atoms with E-state index in [1.54, 1.807) is 42.2 Å². The van der Waals surface area contributed by atoms with Crippen LogP contribution < -0.4 is 15.0 Å². The van der Waals surface area contributed by atoms with Gasteiger partial charge in [0.25, 0.3) is 11.8 Å². The van der Waals surface area contributed by atoms with Gasteiger partial charge in [0, 0.05) is 17.8 Å². The Morgan fingerprint density at radius 1 is 1.21 bits per heavy atom. The maximum atomic E-state index is 12.3. The molecule has 0 fully saturated rings. The van der Waals surface area contributed by atoms with Crippen LogP contribution in [0.25, 0.3) is 0 Å². The van der Waals surface area contributed by atoms with Gasteiger partial charge in [-0.2, -0.15) is 0 Å². The third kappa shape index (κ3) is 2.97. The van der Waals surface area contributed by atoms with E-state index in [0.29, 0.717) is 29.2 Å². The molecular formula is C19H20N2O3. The van der Waals surface area contributed by atoms with E-state index in [-0.39, 0.29) is 11.8 Å². The lowest BCUT2D eigenvalue weighted by molar-refractivity contribution is -0.125. The second-order valence-corrected chi connectivity index (χ2v) is 5.85. The van der Waals surface area contributed by atoms with Crippen LogP contribution in [0.1, 0.15) is 29.8 Å². The SMILES string of the molecule is CCN1C(=O)C(C)Oc2ccc(NC(=O)c3ccc(C)cc3)cc21. The van der Waals surface area contributed by atoms with E-state index in [1.165, 1.54) is 0 Å². The summed E-state index contributed by atoms with van der Waals surface area (Å²) in [4.78, 5) is 26.2. The predicted molar refractivity (Wildman–Crippen MR) is 93.7 cm³/mol. The molecule has 1 unspecified atom stereocenters. The van der Waals surface area contributed by atoms with E-state index in [1.807, 2.05) is 26.0 Å². The fourth-order valence-electron chi connectivity index (χ4n) is 2.72. The van der Waals surface area contributed by atoms with E-state index >= 15 is 0 Å². The van der Waals surface area contributed by atoms with Gasteiger partial charge < -0.3 is 15.0 Å².